The first-order chi connectivity index (χ1) is 9.93. The van der Waals surface area contributed by atoms with Gasteiger partial charge in [0.25, 0.3) is 0 Å². The molecule has 21 heavy (non-hydrogen) atoms. The van der Waals surface area contributed by atoms with Gasteiger partial charge in [0.05, 0.1) is 19.3 Å². The molecule has 1 heterocycles. The Morgan fingerprint density at radius 2 is 2.19 bits per heavy atom. The van der Waals surface area contributed by atoms with Gasteiger partial charge in [0, 0.05) is 19.6 Å². The minimum Gasteiger partial charge on any atom is -0.497 e. The molecule has 1 amide bonds. The Hall–Kier alpha value is -1.59. The lowest BCUT2D eigenvalue weighted by Gasteiger charge is -2.48. The van der Waals surface area contributed by atoms with Crippen LogP contribution in [0.25, 0.3) is 0 Å². The van der Waals surface area contributed by atoms with Crippen molar-refractivity contribution in [1.29, 1.82) is 0 Å². The molecule has 1 aromatic rings. The minimum absolute atomic E-state index is 0.0244. The zero-order chi connectivity index (χ0) is 15.5. The van der Waals surface area contributed by atoms with E-state index in [9.17, 15) is 9.90 Å². The maximum absolute atomic E-state index is 11.9. The molecule has 0 atom stereocenters. The summed E-state index contributed by atoms with van der Waals surface area (Å²) in [5.74, 6) is 0.976. The van der Waals surface area contributed by atoms with Crippen LogP contribution in [-0.2, 0) is 11.3 Å². The highest BCUT2D eigenvalue weighted by atomic mass is 16.5. The molecule has 0 radical (unpaired) electrons. The number of amides is 1. The van der Waals surface area contributed by atoms with Crippen LogP contribution in [0.4, 0.5) is 0 Å². The predicted octanol–water partition coefficient (Wildman–Crippen LogP) is 1.01. The summed E-state index contributed by atoms with van der Waals surface area (Å²) in [7, 11) is 1.62. The third kappa shape index (κ3) is 3.95. The molecule has 0 spiro atoms. The van der Waals surface area contributed by atoms with Gasteiger partial charge in [0.1, 0.15) is 5.75 Å². The van der Waals surface area contributed by atoms with Crippen molar-refractivity contribution in [3.63, 3.8) is 0 Å². The molecule has 1 aromatic carbocycles. The number of ether oxygens (including phenoxy) is 1. The third-order valence-electron chi connectivity index (χ3n) is 4.06. The standard InChI is InChI=1S/C16H24N2O3/c1-12(2)16(20)10-18(11-16)9-15(19)17-8-13-5-4-6-14(7-13)21-3/h4-7,12,20H,8-11H2,1-3H3,(H,17,19). The Bertz CT molecular complexity index is 496. The van der Waals surface area contributed by atoms with E-state index in [2.05, 4.69) is 5.32 Å². The molecule has 2 N–H and O–H groups in total. The first-order valence-corrected chi connectivity index (χ1v) is 7.27. The third-order valence-corrected chi connectivity index (χ3v) is 4.06. The quantitative estimate of drug-likeness (QED) is 0.821. The number of hydrogen-bond acceptors (Lipinski definition) is 4. The number of carbonyl (C=O) groups excluding carboxylic acids is 1. The minimum atomic E-state index is -0.632. The Morgan fingerprint density at radius 3 is 2.81 bits per heavy atom. The molecule has 1 aliphatic rings. The van der Waals surface area contributed by atoms with E-state index in [0.717, 1.165) is 11.3 Å². The van der Waals surface area contributed by atoms with Crippen LogP contribution in [0.5, 0.6) is 5.75 Å². The maximum Gasteiger partial charge on any atom is 0.234 e. The van der Waals surface area contributed by atoms with Crippen LogP contribution in [0.2, 0.25) is 0 Å². The summed E-state index contributed by atoms with van der Waals surface area (Å²) >= 11 is 0. The highest BCUT2D eigenvalue weighted by Crippen LogP contribution is 2.27. The molecule has 1 saturated heterocycles. The van der Waals surface area contributed by atoms with E-state index in [1.165, 1.54) is 0 Å². The van der Waals surface area contributed by atoms with Crippen molar-refractivity contribution in [3.8, 4) is 5.75 Å². The lowest BCUT2D eigenvalue weighted by atomic mass is 9.83. The van der Waals surface area contributed by atoms with Gasteiger partial charge in [-0.15, -0.1) is 0 Å². The lowest BCUT2D eigenvalue weighted by molar-refractivity contribution is -0.142. The van der Waals surface area contributed by atoms with Crippen LogP contribution in [0, 0.1) is 5.92 Å². The fourth-order valence-electron chi connectivity index (χ4n) is 2.45. The first kappa shape index (κ1) is 15.8. The first-order valence-electron chi connectivity index (χ1n) is 7.27. The second-order valence-electron chi connectivity index (χ2n) is 6.03. The van der Waals surface area contributed by atoms with E-state index in [1.807, 2.05) is 43.0 Å². The molecule has 5 nitrogen and oxygen atoms in total. The van der Waals surface area contributed by atoms with Gasteiger partial charge in [0.2, 0.25) is 5.91 Å². The average Bonchev–Trinajstić information content (AvgIpc) is 2.43. The molecule has 0 bridgehead atoms. The van der Waals surface area contributed by atoms with Gasteiger partial charge in [-0.1, -0.05) is 26.0 Å². The van der Waals surface area contributed by atoms with Crippen molar-refractivity contribution < 1.29 is 14.6 Å². The maximum atomic E-state index is 11.9. The number of nitrogens with one attached hydrogen (secondary N) is 1. The van der Waals surface area contributed by atoms with Crippen molar-refractivity contribution >= 4 is 5.91 Å². The highest BCUT2D eigenvalue weighted by Gasteiger charge is 2.43. The van der Waals surface area contributed by atoms with Gasteiger partial charge in [-0.2, -0.15) is 0 Å². The summed E-state index contributed by atoms with van der Waals surface area (Å²) in [5.41, 5.74) is 0.373. The molecular formula is C16H24N2O3. The normalized spacial score (nSPS) is 17.4. The molecule has 0 aromatic heterocycles. The molecule has 0 saturated carbocycles. The topological polar surface area (TPSA) is 61.8 Å². The summed E-state index contributed by atoms with van der Waals surface area (Å²) < 4.78 is 5.15. The van der Waals surface area contributed by atoms with Gasteiger partial charge >= 0.3 is 0 Å². The lowest BCUT2D eigenvalue weighted by Crippen LogP contribution is -2.65. The zero-order valence-electron chi connectivity index (χ0n) is 12.9. The van der Waals surface area contributed by atoms with Gasteiger partial charge in [-0.25, -0.2) is 0 Å². The van der Waals surface area contributed by atoms with E-state index in [0.29, 0.717) is 26.2 Å². The molecule has 2 rings (SSSR count). The van der Waals surface area contributed by atoms with Gasteiger partial charge in [-0.05, 0) is 23.6 Å². The number of hydrogen-bond donors (Lipinski definition) is 2. The van der Waals surface area contributed by atoms with Gasteiger partial charge in [0.15, 0.2) is 0 Å². The van der Waals surface area contributed by atoms with Crippen molar-refractivity contribution in [3.05, 3.63) is 29.8 Å². The molecular weight excluding hydrogens is 268 g/mol. The van der Waals surface area contributed by atoms with E-state index in [-0.39, 0.29) is 11.8 Å². The molecule has 1 fully saturated rings. The van der Waals surface area contributed by atoms with E-state index >= 15 is 0 Å². The Balaban J connectivity index is 1.74. The summed E-state index contributed by atoms with van der Waals surface area (Å²) in [5, 5.41) is 13.0. The van der Waals surface area contributed by atoms with Gasteiger partial charge < -0.3 is 15.2 Å². The molecule has 5 heteroatoms. The fourth-order valence-corrected chi connectivity index (χ4v) is 2.45. The van der Waals surface area contributed by atoms with Crippen LogP contribution >= 0.6 is 0 Å². The van der Waals surface area contributed by atoms with Gasteiger partial charge in [-0.3, -0.25) is 9.69 Å². The summed E-state index contributed by atoms with van der Waals surface area (Å²) in [6, 6.07) is 7.63. The fraction of sp³-hybridized carbons (Fsp3) is 0.562. The SMILES string of the molecule is COc1cccc(CNC(=O)CN2CC(O)(C(C)C)C2)c1. The molecule has 0 aliphatic carbocycles. The van der Waals surface area contributed by atoms with Crippen LogP contribution in [0.1, 0.15) is 19.4 Å². The predicted molar refractivity (Wildman–Crippen MR) is 81.1 cm³/mol. The van der Waals surface area contributed by atoms with Crippen molar-refractivity contribution in [2.45, 2.75) is 26.0 Å². The highest BCUT2D eigenvalue weighted by molar-refractivity contribution is 5.78. The second kappa shape index (κ2) is 6.45. The number of methoxy groups -OCH3 is 1. The number of β-amino-alcohol motifs (C(OH)–C–C–N with tert-alkyl or cyclic N) is 1. The van der Waals surface area contributed by atoms with Crippen LogP contribution < -0.4 is 10.1 Å². The number of rotatable bonds is 6. The number of nitrogens with zero attached hydrogens (tertiary/aromatic N) is 1. The molecule has 116 valence electrons. The van der Waals surface area contributed by atoms with E-state index < -0.39 is 5.60 Å². The number of carbonyl (C=O) groups is 1. The number of likely N-dealkylation sites (tertiary alicyclic amines) is 1. The zero-order valence-corrected chi connectivity index (χ0v) is 12.9. The van der Waals surface area contributed by atoms with Crippen molar-refractivity contribution in [2.24, 2.45) is 5.92 Å². The smallest absolute Gasteiger partial charge is 0.234 e. The van der Waals surface area contributed by atoms with Crippen molar-refractivity contribution in [1.82, 2.24) is 10.2 Å². The van der Waals surface area contributed by atoms with Crippen molar-refractivity contribution in [2.75, 3.05) is 26.7 Å². The number of aliphatic hydroxyl groups is 1. The Morgan fingerprint density at radius 1 is 1.48 bits per heavy atom. The molecule has 0 unspecified atom stereocenters. The Kier molecular flexibility index (Phi) is 4.85. The largest absolute Gasteiger partial charge is 0.497 e. The average molecular weight is 292 g/mol. The number of benzene rings is 1. The second-order valence-corrected chi connectivity index (χ2v) is 6.03. The van der Waals surface area contributed by atoms with Crippen LogP contribution in [-0.4, -0.2) is 48.3 Å². The molecule has 1 aliphatic heterocycles. The van der Waals surface area contributed by atoms with E-state index in [4.69, 9.17) is 4.74 Å². The van der Waals surface area contributed by atoms with Crippen LogP contribution in [0.15, 0.2) is 24.3 Å². The summed E-state index contributed by atoms with van der Waals surface area (Å²) in [6.07, 6.45) is 0. The van der Waals surface area contributed by atoms with E-state index in [1.54, 1.807) is 7.11 Å². The monoisotopic (exact) mass is 292 g/mol. The Labute approximate surface area is 125 Å². The van der Waals surface area contributed by atoms with Crippen LogP contribution in [0.3, 0.4) is 0 Å². The summed E-state index contributed by atoms with van der Waals surface area (Å²) in [6.45, 7) is 5.95. The summed E-state index contributed by atoms with van der Waals surface area (Å²) in [4.78, 5) is 13.8.